The van der Waals surface area contributed by atoms with Gasteiger partial charge in [-0.05, 0) is 0 Å². The smallest absolute Gasteiger partial charge is 0.211 e. The fourth-order valence-electron chi connectivity index (χ4n) is 0.980. The van der Waals surface area contributed by atoms with E-state index >= 15 is 0 Å². The van der Waals surface area contributed by atoms with Crippen molar-refractivity contribution in [2.45, 2.75) is 5.12 Å². The Kier molecular flexibility index (Phi) is 1.12. The predicted molar refractivity (Wildman–Crippen MR) is 39.4 cm³/mol. The molecule has 2 aliphatic rings. The van der Waals surface area contributed by atoms with E-state index in [9.17, 15) is 0 Å². The van der Waals surface area contributed by atoms with Crippen LogP contribution in [0.5, 0.6) is 0 Å². The maximum Gasteiger partial charge on any atom is 0.211 e. The van der Waals surface area contributed by atoms with Crippen LogP contribution < -0.4 is 16.0 Å². The monoisotopic (exact) mass is 158 g/mol. The van der Waals surface area contributed by atoms with Crippen LogP contribution in [0, 0.1) is 0 Å². The minimum absolute atomic E-state index is 0.637. The van der Waals surface area contributed by atoms with Crippen molar-refractivity contribution in [2.24, 2.45) is 4.99 Å². The van der Waals surface area contributed by atoms with Gasteiger partial charge in [0.15, 0.2) is 0 Å². The van der Waals surface area contributed by atoms with Crippen molar-refractivity contribution in [1.29, 1.82) is 0 Å². The molecule has 0 aliphatic carbocycles. The lowest BCUT2D eigenvalue weighted by atomic mass is 10.3. The van der Waals surface area contributed by atoms with Crippen LogP contribution in [0.25, 0.3) is 0 Å². The molecule has 0 saturated carbocycles. The highest BCUT2D eigenvalue weighted by Gasteiger charge is 2.36. The molecule has 1 unspecified atom stereocenters. The van der Waals surface area contributed by atoms with Crippen LogP contribution in [0.2, 0.25) is 0 Å². The molecule has 1 fully saturated rings. The molecule has 10 heavy (non-hydrogen) atoms. The van der Waals surface area contributed by atoms with E-state index in [-0.39, 0.29) is 0 Å². The van der Waals surface area contributed by atoms with Gasteiger partial charge in [-0.1, -0.05) is 11.6 Å². The Bertz CT molecular complexity index is 212. The number of hydrogen-bond donors (Lipinski definition) is 3. The molecule has 0 aromatic carbocycles. The van der Waals surface area contributed by atoms with E-state index in [1.54, 1.807) is 12.5 Å². The second-order valence-electron chi connectivity index (χ2n) is 2.15. The Hall–Kier alpha value is -0.740. The molecule has 2 aliphatic heterocycles. The quantitative estimate of drug-likeness (QED) is 0.329. The van der Waals surface area contributed by atoms with E-state index in [0.717, 1.165) is 5.70 Å². The summed E-state index contributed by atoms with van der Waals surface area (Å²) >= 11 is 6.03. The molecule has 4 nitrogen and oxygen atoms in total. The van der Waals surface area contributed by atoms with E-state index in [0.29, 0.717) is 6.67 Å². The molecule has 0 amide bonds. The highest BCUT2D eigenvalue weighted by atomic mass is 35.5. The van der Waals surface area contributed by atoms with Gasteiger partial charge in [-0.15, -0.1) is 0 Å². The van der Waals surface area contributed by atoms with Crippen LogP contribution in [0.4, 0.5) is 0 Å². The van der Waals surface area contributed by atoms with Gasteiger partial charge in [0, 0.05) is 0 Å². The molecule has 2 heterocycles. The van der Waals surface area contributed by atoms with Crippen molar-refractivity contribution in [3.05, 3.63) is 11.9 Å². The van der Waals surface area contributed by atoms with Gasteiger partial charge in [0.2, 0.25) is 5.12 Å². The van der Waals surface area contributed by atoms with Crippen molar-refractivity contribution in [1.82, 2.24) is 16.0 Å². The predicted octanol–water partition coefficient (Wildman–Crippen LogP) is -0.498. The number of nitrogens with one attached hydrogen (secondary N) is 3. The van der Waals surface area contributed by atoms with E-state index in [2.05, 4.69) is 20.9 Å². The topological polar surface area (TPSA) is 48.5 Å². The summed E-state index contributed by atoms with van der Waals surface area (Å²) in [5, 5.41) is 8.31. The normalized spacial score (nSPS) is 35.9. The number of aliphatic imine (C=N–C) groups is 1. The molecule has 0 aromatic rings. The van der Waals surface area contributed by atoms with Crippen LogP contribution >= 0.6 is 11.6 Å². The summed E-state index contributed by atoms with van der Waals surface area (Å²) in [4.78, 5) is 3.88. The Morgan fingerprint density at radius 3 is 3.40 bits per heavy atom. The van der Waals surface area contributed by atoms with E-state index in [1.165, 1.54) is 0 Å². The lowest BCUT2D eigenvalue weighted by molar-refractivity contribution is 0.564. The molecular weight excluding hydrogens is 152 g/mol. The SMILES string of the molecule is ClC12NC=NC=C1NCN2. The first-order valence-electron chi connectivity index (χ1n) is 2.99. The molecule has 0 bridgehead atoms. The summed E-state index contributed by atoms with van der Waals surface area (Å²) < 4.78 is 0. The first-order valence-corrected chi connectivity index (χ1v) is 3.37. The largest absolute Gasteiger partial charge is 0.370 e. The van der Waals surface area contributed by atoms with Gasteiger partial charge in [0.25, 0.3) is 0 Å². The number of halogens is 1. The second-order valence-corrected chi connectivity index (χ2v) is 2.72. The number of rotatable bonds is 0. The third-order valence-corrected chi connectivity index (χ3v) is 1.97. The van der Waals surface area contributed by atoms with Crippen LogP contribution in [0.1, 0.15) is 0 Å². The van der Waals surface area contributed by atoms with Crippen molar-refractivity contribution >= 4 is 17.9 Å². The fraction of sp³-hybridized carbons (Fsp3) is 0.400. The van der Waals surface area contributed by atoms with Crippen LogP contribution in [0.15, 0.2) is 16.9 Å². The van der Waals surface area contributed by atoms with Crippen molar-refractivity contribution in [3.63, 3.8) is 0 Å². The number of nitrogens with zero attached hydrogens (tertiary/aromatic N) is 1. The molecule has 0 aromatic heterocycles. The van der Waals surface area contributed by atoms with E-state index in [4.69, 9.17) is 11.6 Å². The van der Waals surface area contributed by atoms with Crippen LogP contribution in [0.3, 0.4) is 0 Å². The Morgan fingerprint density at radius 2 is 2.60 bits per heavy atom. The molecular formula is C5H7ClN4. The highest BCUT2D eigenvalue weighted by molar-refractivity contribution is 6.26. The van der Waals surface area contributed by atoms with Gasteiger partial charge in [0.1, 0.15) is 0 Å². The summed E-state index contributed by atoms with van der Waals surface area (Å²) in [5.74, 6) is 0. The molecule has 5 heteroatoms. The minimum Gasteiger partial charge on any atom is -0.370 e. The van der Waals surface area contributed by atoms with Gasteiger partial charge in [0.05, 0.1) is 24.9 Å². The van der Waals surface area contributed by atoms with Crippen molar-refractivity contribution in [3.8, 4) is 0 Å². The molecule has 0 spiro atoms. The Balaban J connectivity index is 2.34. The highest BCUT2D eigenvalue weighted by Crippen LogP contribution is 2.21. The third kappa shape index (κ3) is 0.693. The second kappa shape index (κ2) is 1.87. The third-order valence-electron chi connectivity index (χ3n) is 1.52. The molecule has 2 rings (SSSR count). The first kappa shape index (κ1) is 6.00. The number of alkyl halides is 1. The summed E-state index contributed by atoms with van der Waals surface area (Å²) in [6.07, 6.45) is 3.26. The fourth-order valence-corrected chi connectivity index (χ4v) is 1.21. The standard InChI is InChI=1S/C5H7ClN4/c6-5-4(8-3-10-5)1-7-2-9-5/h1-2,8,10H,3H2,(H,7,9). The van der Waals surface area contributed by atoms with Crippen LogP contribution in [-0.2, 0) is 0 Å². The van der Waals surface area contributed by atoms with E-state index < -0.39 is 5.12 Å². The van der Waals surface area contributed by atoms with Gasteiger partial charge in [-0.2, -0.15) is 0 Å². The zero-order valence-corrected chi connectivity index (χ0v) is 5.94. The lowest BCUT2D eigenvalue weighted by Gasteiger charge is -2.23. The van der Waals surface area contributed by atoms with Gasteiger partial charge in [-0.25, -0.2) is 4.99 Å². The molecule has 3 N–H and O–H groups in total. The summed E-state index contributed by atoms with van der Waals surface area (Å²) in [6.45, 7) is 0.672. The minimum atomic E-state index is -0.637. The Labute approximate surface area is 63.3 Å². The van der Waals surface area contributed by atoms with Crippen molar-refractivity contribution in [2.75, 3.05) is 6.67 Å². The molecule has 0 radical (unpaired) electrons. The van der Waals surface area contributed by atoms with Crippen molar-refractivity contribution < 1.29 is 0 Å². The maximum atomic E-state index is 6.03. The Morgan fingerprint density at radius 1 is 1.70 bits per heavy atom. The zero-order valence-electron chi connectivity index (χ0n) is 5.19. The lowest BCUT2D eigenvalue weighted by Crippen LogP contribution is -2.49. The number of hydrogen-bond acceptors (Lipinski definition) is 4. The van der Waals surface area contributed by atoms with Gasteiger partial charge in [-0.3, -0.25) is 5.32 Å². The summed E-state index contributed by atoms with van der Waals surface area (Å²) in [5.41, 5.74) is 0.872. The summed E-state index contributed by atoms with van der Waals surface area (Å²) in [6, 6.07) is 0. The average molecular weight is 159 g/mol. The number of fused-ring (bicyclic) bond motifs is 1. The van der Waals surface area contributed by atoms with Gasteiger partial charge >= 0.3 is 0 Å². The average Bonchev–Trinajstić information content (AvgIpc) is 2.29. The zero-order chi connectivity index (χ0) is 7.03. The summed E-state index contributed by atoms with van der Waals surface area (Å²) in [7, 11) is 0. The van der Waals surface area contributed by atoms with Crippen LogP contribution in [-0.4, -0.2) is 18.1 Å². The van der Waals surface area contributed by atoms with E-state index in [1.807, 2.05) is 0 Å². The molecule has 1 saturated heterocycles. The molecule has 54 valence electrons. The molecule has 1 atom stereocenters. The first-order chi connectivity index (χ1) is 4.81. The van der Waals surface area contributed by atoms with Gasteiger partial charge < -0.3 is 10.6 Å². The maximum absolute atomic E-state index is 6.03.